The Bertz CT molecular complexity index is 699. The highest BCUT2D eigenvalue weighted by Crippen LogP contribution is 2.24. The average molecular weight is 360 g/mol. The van der Waals surface area contributed by atoms with Gasteiger partial charge in [0.1, 0.15) is 0 Å². The molecule has 0 spiro atoms. The third kappa shape index (κ3) is 2.83. The molecule has 0 amide bonds. The summed E-state index contributed by atoms with van der Waals surface area (Å²) < 4.78 is 1.98. The minimum Gasteiger partial charge on any atom is -0.476 e. The number of halogens is 2. The zero-order valence-electron chi connectivity index (χ0n) is 9.88. The molecule has 2 aromatic rings. The van der Waals surface area contributed by atoms with Gasteiger partial charge in [-0.2, -0.15) is 0 Å². The zero-order valence-corrected chi connectivity index (χ0v) is 12.2. The Morgan fingerprint density at radius 1 is 1.30 bits per heavy atom. The van der Waals surface area contributed by atoms with Crippen molar-refractivity contribution in [1.29, 1.82) is 0 Å². The zero-order chi connectivity index (χ0) is 14.9. The summed E-state index contributed by atoms with van der Waals surface area (Å²) >= 11 is 9.21. The molecule has 0 radical (unpaired) electrons. The van der Waals surface area contributed by atoms with Crippen molar-refractivity contribution < 1.29 is 19.8 Å². The standard InChI is InChI=1S/C12H8BrClN2O4/c13-7-2-1-6(3-8(7)14)4-16-5-15-9(11(17)18)10(16)12(19)20/h1-3,5H,4H2,(H,17,18)(H,19,20). The number of aromatic carboxylic acids is 2. The molecule has 0 atom stereocenters. The minimum absolute atomic E-state index is 0.162. The number of aromatic nitrogens is 2. The van der Waals surface area contributed by atoms with E-state index in [1.165, 1.54) is 10.9 Å². The van der Waals surface area contributed by atoms with Crippen LogP contribution in [-0.2, 0) is 6.54 Å². The predicted octanol–water partition coefficient (Wildman–Crippen LogP) is 2.74. The molecule has 0 aliphatic rings. The summed E-state index contributed by atoms with van der Waals surface area (Å²) in [7, 11) is 0. The molecule has 2 N–H and O–H groups in total. The third-order valence-electron chi connectivity index (χ3n) is 2.58. The second-order valence-corrected chi connectivity index (χ2v) is 5.19. The van der Waals surface area contributed by atoms with Gasteiger partial charge in [0, 0.05) is 11.0 Å². The molecule has 0 saturated carbocycles. The van der Waals surface area contributed by atoms with E-state index in [0.717, 1.165) is 10.0 Å². The summed E-state index contributed by atoms with van der Waals surface area (Å²) in [4.78, 5) is 25.7. The lowest BCUT2D eigenvalue weighted by atomic mass is 10.2. The largest absolute Gasteiger partial charge is 0.476 e. The Labute approximate surface area is 126 Å². The van der Waals surface area contributed by atoms with Crippen LogP contribution < -0.4 is 0 Å². The molecule has 8 heteroatoms. The summed E-state index contributed by atoms with van der Waals surface area (Å²) in [5.41, 5.74) is -0.118. The first-order valence-electron chi connectivity index (χ1n) is 5.35. The number of rotatable bonds is 4. The van der Waals surface area contributed by atoms with E-state index >= 15 is 0 Å². The minimum atomic E-state index is -1.38. The van der Waals surface area contributed by atoms with Gasteiger partial charge in [0.15, 0.2) is 11.4 Å². The van der Waals surface area contributed by atoms with E-state index in [1.807, 2.05) is 0 Å². The number of hydrogen-bond donors (Lipinski definition) is 2. The van der Waals surface area contributed by atoms with Crippen LogP contribution in [-0.4, -0.2) is 31.7 Å². The van der Waals surface area contributed by atoms with Gasteiger partial charge < -0.3 is 14.8 Å². The Morgan fingerprint density at radius 2 is 2.00 bits per heavy atom. The Hall–Kier alpha value is -1.86. The number of imidazole rings is 1. The van der Waals surface area contributed by atoms with Crippen LogP contribution in [0.15, 0.2) is 29.0 Å². The lowest BCUT2D eigenvalue weighted by molar-refractivity contribution is 0.0640. The van der Waals surface area contributed by atoms with Crippen LogP contribution in [0.4, 0.5) is 0 Å². The fraction of sp³-hybridized carbons (Fsp3) is 0.0833. The number of nitrogens with zero attached hydrogens (tertiary/aromatic N) is 2. The maximum absolute atomic E-state index is 11.2. The lowest BCUT2D eigenvalue weighted by Crippen LogP contribution is -2.13. The number of carbonyl (C=O) groups is 2. The fourth-order valence-corrected chi connectivity index (χ4v) is 2.17. The summed E-state index contributed by atoms with van der Waals surface area (Å²) in [6.07, 6.45) is 1.18. The third-order valence-corrected chi connectivity index (χ3v) is 3.81. The van der Waals surface area contributed by atoms with Crippen molar-refractivity contribution in [2.45, 2.75) is 6.54 Å². The number of benzene rings is 1. The second kappa shape index (κ2) is 5.64. The molecule has 1 heterocycles. The molecule has 1 aromatic heterocycles. The molecule has 0 fully saturated rings. The van der Waals surface area contributed by atoms with Gasteiger partial charge in [-0.05, 0) is 33.6 Å². The van der Waals surface area contributed by atoms with Crippen LogP contribution in [0.1, 0.15) is 26.5 Å². The molecule has 2 rings (SSSR count). The van der Waals surface area contributed by atoms with E-state index in [4.69, 9.17) is 21.8 Å². The summed E-state index contributed by atoms with van der Waals surface area (Å²) in [6, 6.07) is 5.15. The van der Waals surface area contributed by atoms with Gasteiger partial charge in [-0.3, -0.25) is 0 Å². The van der Waals surface area contributed by atoms with Crippen molar-refractivity contribution in [2.75, 3.05) is 0 Å². The predicted molar refractivity (Wildman–Crippen MR) is 74.4 cm³/mol. The fourth-order valence-electron chi connectivity index (χ4n) is 1.72. The lowest BCUT2D eigenvalue weighted by Gasteiger charge is -2.07. The van der Waals surface area contributed by atoms with Crippen molar-refractivity contribution >= 4 is 39.5 Å². The highest BCUT2D eigenvalue weighted by molar-refractivity contribution is 9.10. The average Bonchev–Trinajstić information content (AvgIpc) is 2.78. The molecular formula is C12H8BrClN2O4. The van der Waals surface area contributed by atoms with Gasteiger partial charge in [-0.1, -0.05) is 17.7 Å². The molecular weight excluding hydrogens is 351 g/mol. The molecule has 0 aliphatic carbocycles. The van der Waals surface area contributed by atoms with Gasteiger partial charge in [0.2, 0.25) is 0 Å². The smallest absolute Gasteiger partial charge is 0.357 e. The molecule has 0 bridgehead atoms. The molecule has 0 unspecified atom stereocenters. The second-order valence-electron chi connectivity index (χ2n) is 3.93. The SMILES string of the molecule is O=C(O)c1ncn(Cc2ccc(Br)c(Cl)c2)c1C(=O)O. The van der Waals surface area contributed by atoms with Crippen molar-refractivity contribution in [1.82, 2.24) is 9.55 Å². The van der Waals surface area contributed by atoms with Crippen LogP contribution in [0, 0.1) is 0 Å². The van der Waals surface area contributed by atoms with Crippen molar-refractivity contribution in [3.05, 3.63) is 51.0 Å². The van der Waals surface area contributed by atoms with Gasteiger partial charge in [0.05, 0.1) is 11.3 Å². The molecule has 104 valence electrons. The molecule has 20 heavy (non-hydrogen) atoms. The molecule has 0 saturated heterocycles. The highest BCUT2D eigenvalue weighted by atomic mass is 79.9. The van der Waals surface area contributed by atoms with Crippen LogP contribution in [0.25, 0.3) is 0 Å². The van der Waals surface area contributed by atoms with Crippen LogP contribution in [0.3, 0.4) is 0 Å². The first kappa shape index (κ1) is 14.5. The van der Waals surface area contributed by atoms with E-state index < -0.39 is 17.6 Å². The molecule has 1 aromatic carbocycles. The van der Waals surface area contributed by atoms with Crippen molar-refractivity contribution in [3.63, 3.8) is 0 Å². The van der Waals surface area contributed by atoms with E-state index in [9.17, 15) is 9.59 Å². The summed E-state index contributed by atoms with van der Waals surface area (Å²) in [5, 5.41) is 18.5. The number of hydrogen-bond acceptors (Lipinski definition) is 3. The van der Waals surface area contributed by atoms with Crippen molar-refractivity contribution in [3.8, 4) is 0 Å². The van der Waals surface area contributed by atoms with Crippen LogP contribution in [0.5, 0.6) is 0 Å². The van der Waals surface area contributed by atoms with Gasteiger partial charge >= 0.3 is 11.9 Å². The number of carboxylic acid groups (broad SMARTS) is 2. The maximum Gasteiger partial charge on any atom is 0.357 e. The Kier molecular flexibility index (Phi) is 4.10. The quantitative estimate of drug-likeness (QED) is 0.875. The molecule has 0 aliphatic heterocycles. The summed E-state index contributed by atoms with van der Waals surface area (Å²) in [6.45, 7) is 0.162. The Balaban J connectivity index is 2.41. The van der Waals surface area contributed by atoms with Crippen LogP contribution >= 0.6 is 27.5 Å². The van der Waals surface area contributed by atoms with E-state index in [2.05, 4.69) is 20.9 Å². The van der Waals surface area contributed by atoms with Gasteiger partial charge in [-0.15, -0.1) is 0 Å². The monoisotopic (exact) mass is 358 g/mol. The first-order chi connectivity index (χ1) is 9.40. The topological polar surface area (TPSA) is 92.4 Å². The first-order valence-corrected chi connectivity index (χ1v) is 6.53. The van der Waals surface area contributed by atoms with E-state index in [1.54, 1.807) is 18.2 Å². The van der Waals surface area contributed by atoms with Crippen molar-refractivity contribution in [2.24, 2.45) is 0 Å². The van der Waals surface area contributed by atoms with E-state index in [-0.39, 0.29) is 12.2 Å². The van der Waals surface area contributed by atoms with E-state index in [0.29, 0.717) is 5.02 Å². The highest BCUT2D eigenvalue weighted by Gasteiger charge is 2.23. The normalized spacial score (nSPS) is 10.5. The van der Waals surface area contributed by atoms with Gasteiger partial charge in [0.25, 0.3) is 0 Å². The number of carboxylic acids is 2. The van der Waals surface area contributed by atoms with Gasteiger partial charge in [-0.25, -0.2) is 14.6 Å². The maximum atomic E-state index is 11.2. The molecule has 6 nitrogen and oxygen atoms in total. The van der Waals surface area contributed by atoms with Crippen LogP contribution in [0.2, 0.25) is 5.02 Å². The summed E-state index contributed by atoms with van der Waals surface area (Å²) in [5.74, 6) is -2.72. The Morgan fingerprint density at radius 3 is 2.55 bits per heavy atom.